The summed E-state index contributed by atoms with van der Waals surface area (Å²) >= 11 is 9.38. The number of ether oxygens (including phenoxy) is 1. The highest BCUT2D eigenvalue weighted by molar-refractivity contribution is 9.10. The SMILES string of the molecule is Cc1cc(C#N)cc(C)c1Oc1nc(NC2CCN(Cc3ccc(F)c(Cl)c3)CC2)ncc1Br. The minimum Gasteiger partial charge on any atom is -0.437 e. The molecular weight excluding hydrogens is 521 g/mol. The molecule has 0 bridgehead atoms. The quantitative estimate of drug-likeness (QED) is 0.388. The minimum absolute atomic E-state index is 0.158. The molecule has 0 spiro atoms. The summed E-state index contributed by atoms with van der Waals surface area (Å²) in [5, 5.41) is 12.7. The van der Waals surface area contributed by atoms with E-state index in [1.54, 1.807) is 30.5 Å². The summed E-state index contributed by atoms with van der Waals surface area (Å²) in [6.45, 7) is 6.35. The average molecular weight is 545 g/mol. The van der Waals surface area contributed by atoms with E-state index in [0.29, 0.717) is 27.6 Å². The third kappa shape index (κ3) is 5.84. The van der Waals surface area contributed by atoms with Gasteiger partial charge in [-0.15, -0.1) is 0 Å². The summed E-state index contributed by atoms with van der Waals surface area (Å²) in [4.78, 5) is 11.3. The highest BCUT2D eigenvalue weighted by Crippen LogP contribution is 2.33. The van der Waals surface area contributed by atoms with Crippen LogP contribution < -0.4 is 10.1 Å². The Bertz CT molecular complexity index is 1220. The number of benzene rings is 2. The standard InChI is InChI=1S/C25H24BrClFN5O/c1-15-9-18(12-29)10-16(2)23(15)34-24-20(26)13-30-25(32-24)31-19-5-7-33(8-6-19)14-17-3-4-22(28)21(27)11-17/h3-4,9-11,13,19H,5-8,14H2,1-2H3,(H,30,31,32). The van der Waals surface area contributed by atoms with Crippen molar-refractivity contribution in [2.24, 2.45) is 0 Å². The van der Waals surface area contributed by atoms with E-state index in [0.717, 1.165) is 49.2 Å². The monoisotopic (exact) mass is 543 g/mol. The first kappa shape index (κ1) is 24.4. The van der Waals surface area contributed by atoms with Crippen molar-refractivity contribution in [1.82, 2.24) is 14.9 Å². The maximum absolute atomic E-state index is 13.4. The number of nitrogens with one attached hydrogen (secondary N) is 1. The summed E-state index contributed by atoms with van der Waals surface area (Å²) in [6, 6.07) is 10.9. The first-order chi connectivity index (χ1) is 16.3. The van der Waals surface area contributed by atoms with Crippen molar-refractivity contribution in [3.63, 3.8) is 0 Å². The number of halogens is 3. The Kier molecular flexibility index (Phi) is 7.67. The van der Waals surface area contributed by atoms with Gasteiger partial charge < -0.3 is 10.1 Å². The van der Waals surface area contributed by atoms with Crippen LogP contribution in [0.2, 0.25) is 5.02 Å². The molecule has 1 aliphatic heterocycles. The van der Waals surface area contributed by atoms with Gasteiger partial charge in [-0.3, -0.25) is 4.90 Å². The van der Waals surface area contributed by atoms with Crippen LogP contribution >= 0.6 is 27.5 Å². The van der Waals surface area contributed by atoms with Crippen LogP contribution in [0.15, 0.2) is 41.0 Å². The molecule has 2 heterocycles. The van der Waals surface area contributed by atoms with Gasteiger partial charge in [0.25, 0.3) is 0 Å². The first-order valence-electron chi connectivity index (χ1n) is 11.0. The topological polar surface area (TPSA) is 74.1 Å². The van der Waals surface area contributed by atoms with Gasteiger partial charge in [0, 0.05) is 25.7 Å². The van der Waals surface area contributed by atoms with Crippen molar-refractivity contribution in [2.45, 2.75) is 39.3 Å². The summed E-state index contributed by atoms with van der Waals surface area (Å²) in [6.07, 6.45) is 3.53. The Balaban J connectivity index is 1.38. The molecule has 1 N–H and O–H groups in total. The summed E-state index contributed by atoms with van der Waals surface area (Å²) < 4.78 is 20.1. The Morgan fingerprint density at radius 2 is 1.94 bits per heavy atom. The van der Waals surface area contributed by atoms with Crippen molar-refractivity contribution in [2.75, 3.05) is 18.4 Å². The number of nitrogens with zero attached hydrogens (tertiary/aromatic N) is 4. The van der Waals surface area contributed by atoms with E-state index >= 15 is 0 Å². The van der Waals surface area contributed by atoms with Crippen molar-refractivity contribution in [3.05, 3.63) is 74.1 Å². The first-order valence-corrected chi connectivity index (χ1v) is 12.1. The van der Waals surface area contributed by atoms with Crippen LogP contribution in [0.25, 0.3) is 0 Å². The Hall–Kier alpha value is -2.73. The van der Waals surface area contributed by atoms with Gasteiger partial charge >= 0.3 is 0 Å². The number of hydrogen-bond acceptors (Lipinski definition) is 6. The lowest BCUT2D eigenvalue weighted by Crippen LogP contribution is -2.39. The number of rotatable bonds is 6. The Morgan fingerprint density at radius 1 is 1.24 bits per heavy atom. The molecule has 34 heavy (non-hydrogen) atoms. The fraction of sp³-hybridized carbons (Fsp3) is 0.320. The van der Waals surface area contributed by atoms with Gasteiger partial charge in [0.1, 0.15) is 11.6 Å². The largest absolute Gasteiger partial charge is 0.437 e. The van der Waals surface area contributed by atoms with E-state index < -0.39 is 5.82 Å². The zero-order chi connectivity index (χ0) is 24.2. The number of hydrogen-bond donors (Lipinski definition) is 1. The molecule has 4 rings (SSSR count). The molecule has 2 aromatic carbocycles. The highest BCUT2D eigenvalue weighted by atomic mass is 79.9. The molecule has 0 radical (unpaired) electrons. The predicted octanol–water partition coefficient (Wildman–Crippen LogP) is 6.39. The van der Waals surface area contributed by atoms with E-state index in [-0.39, 0.29) is 11.1 Å². The maximum Gasteiger partial charge on any atom is 0.238 e. The Labute approximate surface area is 211 Å². The highest BCUT2D eigenvalue weighted by Gasteiger charge is 2.21. The van der Waals surface area contributed by atoms with Crippen LogP contribution in [-0.4, -0.2) is 34.0 Å². The molecule has 3 aromatic rings. The van der Waals surface area contributed by atoms with Crippen molar-refractivity contribution < 1.29 is 9.13 Å². The summed E-state index contributed by atoms with van der Waals surface area (Å²) in [5.41, 5.74) is 3.34. The van der Waals surface area contributed by atoms with E-state index in [4.69, 9.17) is 21.6 Å². The van der Waals surface area contributed by atoms with Crippen molar-refractivity contribution >= 4 is 33.5 Å². The number of likely N-dealkylation sites (tertiary alicyclic amines) is 1. The molecule has 0 unspecified atom stereocenters. The fourth-order valence-electron chi connectivity index (χ4n) is 4.08. The van der Waals surface area contributed by atoms with Gasteiger partial charge in [0.2, 0.25) is 11.8 Å². The number of nitriles is 1. The maximum atomic E-state index is 13.4. The van der Waals surface area contributed by atoms with Gasteiger partial charge in [-0.25, -0.2) is 9.37 Å². The Morgan fingerprint density at radius 3 is 2.59 bits per heavy atom. The van der Waals surface area contributed by atoms with Crippen molar-refractivity contribution in [3.8, 4) is 17.7 Å². The van der Waals surface area contributed by atoms with E-state index in [1.807, 2.05) is 13.8 Å². The fourth-order valence-corrected chi connectivity index (χ4v) is 4.55. The molecule has 1 aromatic heterocycles. The summed E-state index contributed by atoms with van der Waals surface area (Å²) in [7, 11) is 0. The number of anilines is 1. The zero-order valence-electron chi connectivity index (χ0n) is 18.9. The molecule has 1 aliphatic rings. The third-order valence-electron chi connectivity index (χ3n) is 5.81. The molecular formula is C25H24BrClFN5O. The second kappa shape index (κ2) is 10.7. The van der Waals surface area contributed by atoms with Gasteiger partial charge in [0.15, 0.2) is 0 Å². The number of aryl methyl sites for hydroxylation is 2. The van der Waals surface area contributed by atoms with Crippen LogP contribution in [0.5, 0.6) is 11.6 Å². The van der Waals surface area contributed by atoms with Gasteiger partial charge in [0.05, 0.1) is 27.3 Å². The second-order valence-corrected chi connectivity index (χ2v) is 9.70. The molecule has 9 heteroatoms. The normalized spacial score (nSPS) is 14.6. The minimum atomic E-state index is -0.393. The second-order valence-electron chi connectivity index (χ2n) is 8.44. The lowest BCUT2D eigenvalue weighted by Gasteiger charge is -2.32. The molecule has 6 nitrogen and oxygen atoms in total. The van der Waals surface area contributed by atoms with Crippen LogP contribution in [0, 0.1) is 31.0 Å². The molecule has 0 aliphatic carbocycles. The number of piperidine rings is 1. The molecule has 1 fully saturated rings. The van der Waals surface area contributed by atoms with Gasteiger partial charge in [-0.05, 0) is 83.6 Å². The predicted molar refractivity (Wildman–Crippen MR) is 134 cm³/mol. The molecule has 0 atom stereocenters. The average Bonchev–Trinajstić information content (AvgIpc) is 2.81. The zero-order valence-corrected chi connectivity index (χ0v) is 21.2. The van der Waals surface area contributed by atoms with E-state index in [2.05, 4.69) is 42.2 Å². The lowest BCUT2D eigenvalue weighted by molar-refractivity contribution is 0.211. The number of aromatic nitrogens is 2. The van der Waals surface area contributed by atoms with Gasteiger partial charge in [-0.1, -0.05) is 17.7 Å². The smallest absolute Gasteiger partial charge is 0.238 e. The van der Waals surface area contributed by atoms with Crippen LogP contribution in [-0.2, 0) is 6.54 Å². The molecule has 0 amide bonds. The van der Waals surface area contributed by atoms with E-state index in [1.165, 1.54) is 6.07 Å². The summed E-state index contributed by atoms with van der Waals surface area (Å²) in [5.74, 6) is 1.21. The van der Waals surface area contributed by atoms with Gasteiger partial charge in [-0.2, -0.15) is 10.2 Å². The van der Waals surface area contributed by atoms with Crippen molar-refractivity contribution in [1.29, 1.82) is 5.26 Å². The molecule has 0 saturated carbocycles. The van der Waals surface area contributed by atoms with Crippen LogP contribution in [0.3, 0.4) is 0 Å². The lowest BCUT2D eigenvalue weighted by atomic mass is 10.0. The van der Waals surface area contributed by atoms with Crippen LogP contribution in [0.4, 0.5) is 10.3 Å². The van der Waals surface area contributed by atoms with E-state index in [9.17, 15) is 4.39 Å². The van der Waals surface area contributed by atoms with Crippen LogP contribution in [0.1, 0.15) is 35.1 Å². The third-order valence-corrected chi connectivity index (χ3v) is 6.64. The molecule has 176 valence electrons. The molecule has 1 saturated heterocycles.